The number of aliphatic imine (C=N–C) groups is 1. The first-order chi connectivity index (χ1) is 12.7. The highest BCUT2D eigenvalue weighted by molar-refractivity contribution is 5.79. The quantitative estimate of drug-likeness (QED) is 0.390. The number of hydrogen-bond acceptors (Lipinski definition) is 3. The molecule has 0 spiro atoms. The minimum Gasteiger partial charge on any atom is -0.493 e. The topological polar surface area (TPSA) is 63.5 Å². The molecular weight excluding hydrogens is 326 g/mol. The van der Waals surface area contributed by atoms with Crippen LogP contribution in [-0.2, 0) is 13.0 Å². The Morgan fingerprint density at radius 1 is 1.19 bits per heavy atom. The third-order valence-electron chi connectivity index (χ3n) is 3.85. The van der Waals surface area contributed by atoms with E-state index in [-0.39, 0.29) is 0 Å². The van der Waals surface area contributed by atoms with Gasteiger partial charge in [0.15, 0.2) is 5.96 Å². The van der Waals surface area contributed by atoms with Crippen LogP contribution < -0.4 is 15.4 Å². The van der Waals surface area contributed by atoms with Gasteiger partial charge in [0, 0.05) is 39.1 Å². The molecule has 1 heterocycles. The highest BCUT2D eigenvalue weighted by Crippen LogP contribution is 2.13. The van der Waals surface area contributed by atoms with Crippen molar-refractivity contribution in [1.29, 1.82) is 0 Å². The Morgan fingerprint density at radius 3 is 2.62 bits per heavy atom. The average Bonchev–Trinajstić information content (AvgIpc) is 3.16. The summed E-state index contributed by atoms with van der Waals surface area (Å²) in [5.74, 6) is 2.31. The second-order valence-corrected chi connectivity index (χ2v) is 6.65. The Bertz CT molecular complexity index is 635. The van der Waals surface area contributed by atoms with Gasteiger partial charge < -0.3 is 15.4 Å². The van der Waals surface area contributed by atoms with E-state index in [4.69, 9.17) is 4.74 Å². The molecule has 0 unspecified atom stereocenters. The number of aryl methyl sites for hydroxylation is 1. The zero-order chi connectivity index (χ0) is 18.6. The number of aromatic nitrogens is 2. The molecule has 2 aromatic rings. The second-order valence-electron chi connectivity index (χ2n) is 6.65. The molecular formula is C20H31N5O. The fraction of sp³-hybridized carbons (Fsp3) is 0.500. The van der Waals surface area contributed by atoms with Crippen LogP contribution in [0.2, 0.25) is 0 Å². The summed E-state index contributed by atoms with van der Waals surface area (Å²) in [6, 6.07) is 10.3. The van der Waals surface area contributed by atoms with Crippen molar-refractivity contribution in [2.45, 2.75) is 33.2 Å². The number of hydrogen-bond donors (Lipinski definition) is 2. The average molecular weight is 358 g/mol. The van der Waals surface area contributed by atoms with Crippen molar-refractivity contribution in [3.05, 3.63) is 48.3 Å². The molecule has 0 radical (unpaired) electrons. The van der Waals surface area contributed by atoms with Crippen LogP contribution in [-0.4, -0.2) is 42.5 Å². The molecule has 2 N–H and O–H groups in total. The number of guanidine groups is 1. The van der Waals surface area contributed by atoms with E-state index in [1.807, 2.05) is 29.1 Å². The number of nitrogens with one attached hydrogen (secondary N) is 2. The molecule has 1 aromatic carbocycles. The maximum atomic E-state index is 5.71. The second kappa shape index (κ2) is 11.2. The summed E-state index contributed by atoms with van der Waals surface area (Å²) in [5, 5.41) is 10.9. The molecule has 0 aliphatic rings. The number of benzene rings is 1. The van der Waals surface area contributed by atoms with Crippen molar-refractivity contribution >= 4 is 5.96 Å². The van der Waals surface area contributed by atoms with Crippen molar-refractivity contribution in [2.24, 2.45) is 10.9 Å². The largest absolute Gasteiger partial charge is 0.493 e. The fourth-order valence-electron chi connectivity index (χ4n) is 2.44. The van der Waals surface area contributed by atoms with Crippen LogP contribution in [0.4, 0.5) is 0 Å². The molecule has 1 aromatic heterocycles. The molecule has 6 heteroatoms. The highest BCUT2D eigenvalue weighted by atomic mass is 16.5. The first kappa shape index (κ1) is 19.8. The molecule has 142 valence electrons. The highest BCUT2D eigenvalue weighted by Gasteiger charge is 2.00. The predicted molar refractivity (Wildman–Crippen MR) is 107 cm³/mol. The van der Waals surface area contributed by atoms with E-state index in [0.717, 1.165) is 50.8 Å². The lowest BCUT2D eigenvalue weighted by molar-refractivity contribution is 0.271. The maximum Gasteiger partial charge on any atom is 0.190 e. The molecule has 0 fully saturated rings. The van der Waals surface area contributed by atoms with Crippen LogP contribution in [0.1, 0.15) is 25.8 Å². The van der Waals surface area contributed by atoms with E-state index in [1.165, 1.54) is 5.56 Å². The third kappa shape index (κ3) is 7.59. The van der Waals surface area contributed by atoms with Gasteiger partial charge >= 0.3 is 0 Å². The summed E-state index contributed by atoms with van der Waals surface area (Å²) >= 11 is 0. The van der Waals surface area contributed by atoms with Crippen molar-refractivity contribution in [1.82, 2.24) is 20.4 Å². The molecule has 0 aliphatic carbocycles. The summed E-state index contributed by atoms with van der Waals surface area (Å²) < 4.78 is 7.65. The summed E-state index contributed by atoms with van der Waals surface area (Å²) in [7, 11) is 1.80. The molecule has 2 rings (SSSR count). The third-order valence-corrected chi connectivity index (χ3v) is 3.85. The van der Waals surface area contributed by atoms with Gasteiger partial charge in [-0.1, -0.05) is 26.0 Å². The van der Waals surface area contributed by atoms with E-state index in [0.29, 0.717) is 5.92 Å². The minimum absolute atomic E-state index is 0.540. The van der Waals surface area contributed by atoms with Gasteiger partial charge in [0.2, 0.25) is 0 Å². The van der Waals surface area contributed by atoms with Gasteiger partial charge in [-0.15, -0.1) is 0 Å². The Hall–Kier alpha value is -2.50. The van der Waals surface area contributed by atoms with Gasteiger partial charge in [0.25, 0.3) is 0 Å². The van der Waals surface area contributed by atoms with Gasteiger partial charge in [-0.05, 0) is 42.5 Å². The number of ether oxygens (including phenoxy) is 1. The zero-order valence-corrected chi connectivity index (χ0v) is 16.1. The van der Waals surface area contributed by atoms with Crippen LogP contribution in [0.5, 0.6) is 5.75 Å². The van der Waals surface area contributed by atoms with Gasteiger partial charge in [0.05, 0.1) is 6.61 Å². The first-order valence-electron chi connectivity index (χ1n) is 9.31. The van der Waals surface area contributed by atoms with Crippen molar-refractivity contribution in [3.63, 3.8) is 0 Å². The van der Waals surface area contributed by atoms with E-state index in [2.05, 4.69) is 46.7 Å². The predicted octanol–water partition coefficient (Wildman–Crippen LogP) is 2.72. The maximum absolute atomic E-state index is 5.71. The van der Waals surface area contributed by atoms with Gasteiger partial charge in [-0.2, -0.15) is 5.10 Å². The minimum atomic E-state index is 0.540. The van der Waals surface area contributed by atoms with E-state index in [1.54, 1.807) is 13.2 Å². The molecule has 0 amide bonds. The van der Waals surface area contributed by atoms with E-state index >= 15 is 0 Å². The Labute approximate surface area is 156 Å². The summed E-state index contributed by atoms with van der Waals surface area (Å²) in [4.78, 5) is 4.26. The summed E-state index contributed by atoms with van der Waals surface area (Å²) in [6.45, 7) is 7.66. The smallest absolute Gasteiger partial charge is 0.190 e. The molecule has 0 saturated heterocycles. The lowest BCUT2D eigenvalue weighted by atomic mass is 10.1. The van der Waals surface area contributed by atoms with Crippen LogP contribution >= 0.6 is 0 Å². The van der Waals surface area contributed by atoms with Crippen LogP contribution in [0.3, 0.4) is 0 Å². The molecule has 6 nitrogen and oxygen atoms in total. The van der Waals surface area contributed by atoms with Gasteiger partial charge in [-0.3, -0.25) is 9.67 Å². The Balaban J connectivity index is 1.62. The normalized spacial score (nSPS) is 11.6. The van der Waals surface area contributed by atoms with Crippen molar-refractivity contribution in [2.75, 3.05) is 26.7 Å². The fourth-order valence-corrected chi connectivity index (χ4v) is 2.44. The molecule has 0 aliphatic heterocycles. The van der Waals surface area contributed by atoms with E-state index in [9.17, 15) is 0 Å². The number of nitrogens with zero attached hydrogens (tertiary/aromatic N) is 3. The van der Waals surface area contributed by atoms with Crippen LogP contribution in [0, 0.1) is 5.92 Å². The summed E-state index contributed by atoms with van der Waals surface area (Å²) in [6.07, 6.45) is 5.72. The molecule has 0 saturated carbocycles. The van der Waals surface area contributed by atoms with Crippen molar-refractivity contribution in [3.8, 4) is 5.75 Å². The molecule has 0 bridgehead atoms. The summed E-state index contributed by atoms with van der Waals surface area (Å²) in [5.41, 5.74) is 1.28. The Morgan fingerprint density at radius 2 is 1.96 bits per heavy atom. The van der Waals surface area contributed by atoms with Crippen LogP contribution in [0.15, 0.2) is 47.7 Å². The van der Waals surface area contributed by atoms with E-state index < -0.39 is 0 Å². The van der Waals surface area contributed by atoms with Crippen molar-refractivity contribution < 1.29 is 4.74 Å². The lowest BCUT2D eigenvalue weighted by Crippen LogP contribution is -2.39. The number of rotatable bonds is 10. The molecule has 0 atom stereocenters. The molecule has 26 heavy (non-hydrogen) atoms. The first-order valence-corrected chi connectivity index (χ1v) is 9.31. The lowest BCUT2D eigenvalue weighted by Gasteiger charge is -2.12. The SMILES string of the molecule is CN=C(NCCCn1cccn1)NCCc1ccc(OCC(C)C)cc1. The monoisotopic (exact) mass is 357 g/mol. The van der Waals surface area contributed by atoms with Gasteiger partial charge in [0.1, 0.15) is 5.75 Å². The van der Waals surface area contributed by atoms with Crippen LogP contribution in [0.25, 0.3) is 0 Å². The Kier molecular flexibility index (Phi) is 8.52. The van der Waals surface area contributed by atoms with Gasteiger partial charge in [-0.25, -0.2) is 0 Å². The zero-order valence-electron chi connectivity index (χ0n) is 16.1. The standard InChI is InChI=1S/C20H31N5O/c1-17(2)16-26-19-8-6-18(7-9-19)10-13-23-20(21-3)22-11-4-14-25-15-5-12-24-25/h5-9,12,15,17H,4,10-11,13-14,16H2,1-3H3,(H2,21,22,23).